The Morgan fingerprint density at radius 1 is 1.08 bits per heavy atom. The Hall–Kier alpha value is -2.75. The van der Waals surface area contributed by atoms with Crippen molar-refractivity contribution in [3.8, 4) is 11.5 Å². The van der Waals surface area contributed by atoms with Crippen LogP contribution in [-0.2, 0) is 0 Å². The van der Waals surface area contributed by atoms with Gasteiger partial charge in [-0.2, -0.15) is 0 Å². The number of amides is 1. The highest BCUT2D eigenvalue weighted by Gasteiger charge is 2.08. The molecule has 2 rings (SSSR count). The minimum atomic E-state index is -0.181. The van der Waals surface area contributed by atoms with Crippen molar-refractivity contribution in [1.29, 1.82) is 0 Å². The molecule has 0 atom stereocenters. The van der Waals surface area contributed by atoms with E-state index in [0.29, 0.717) is 30.4 Å². The number of benzene rings is 2. The van der Waals surface area contributed by atoms with E-state index in [1.165, 1.54) is 0 Å². The van der Waals surface area contributed by atoms with Crippen molar-refractivity contribution in [2.24, 2.45) is 5.92 Å². The number of hydrogen-bond acceptors (Lipinski definition) is 3. The molecule has 2 aromatic carbocycles. The summed E-state index contributed by atoms with van der Waals surface area (Å²) in [4.78, 5) is 12.4. The summed E-state index contributed by atoms with van der Waals surface area (Å²) in [5, 5.41) is 2.88. The van der Waals surface area contributed by atoms with E-state index in [4.69, 9.17) is 9.47 Å². The van der Waals surface area contributed by atoms with Crippen LogP contribution in [0.15, 0.2) is 60.7 Å². The fourth-order valence-corrected chi connectivity index (χ4v) is 2.18. The second-order valence-corrected chi connectivity index (χ2v) is 6.78. The van der Waals surface area contributed by atoms with Crippen molar-refractivity contribution in [2.75, 3.05) is 18.5 Å². The van der Waals surface area contributed by atoms with Gasteiger partial charge in [-0.15, -0.1) is 0 Å². The normalized spacial score (nSPS) is 10.5. The van der Waals surface area contributed by atoms with Crippen LogP contribution in [0.25, 0.3) is 0 Å². The number of carbonyl (C=O) groups is 1. The molecule has 0 unspecified atom stereocenters. The predicted molar refractivity (Wildman–Crippen MR) is 106 cm³/mol. The Balaban J connectivity index is 1.92. The van der Waals surface area contributed by atoms with Crippen molar-refractivity contribution >= 4 is 11.6 Å². The highest BCUT2D eigenvalue weighted by atomic mass is 16.5. The van der Waals surface area contributed by atoms with E-state index in [1.807, 2.05) is 37.3 Å². The fraction of sp³-hybridized carbons (Fsp3) is 0.318. The molecule has 0 saturated heterocycles. The minimum Gasteiger partial charge on any atom is -0.494 e. The van der Waals surface area contributed by atoms with E-state index >= 15 is 0 Å². The molecular weight excluding hydrogens is 326 g/mol. The lowest BCUT2D eigenvalue weighted by Crippen LogP contribution is -2.12. The average Bonchev–Trinajstić information content (AvgIpc) is 2.61. The van der Waals surface area contributed by atoms with Crippen molar-refractivity contribution in [3.05, 3.63) is 66.2 Å². The van der Waals surface area contributed by atoms with Crippen LogP contribution in [0.1, 0.15) is 37.6 Å². The van der Waals surface area contributed by atoms with Gasteiger partial charge in [-0.3, -0.25) is 4.79 Å². The van der Waals surface area contributed by atoms with Gasteiger partial charge in [-0.25, -0.2) is 0 Å². The van der Waals surface area contributed by atoms with Crippen molar-refractivity contribution in [2.45, 2.75) is 27.2 Å². The summed E-state index contributed by atoms with van der Waals surface area (Å²) in [5.74, 6) is 1.89. The van der Waals surface area contributed by atoms with E-state index in [1.54, 1.807) is 18.2 Å². The van der Waals surface area contributed by atoms with Crippen LogP contribution < -0.4 is 14.8 Å². The second kappa shape index (κ2) is 9.66. The quantitative estimate of drug-likeness (QED) is 0.621. The smallest absolute Gasteiger partial charge is 0.255 e. The highest BCUT2D eigenvalue weighted by molar-refractivity contribution is 6.04. The van der Waals surface area contributed by atoms with Gasteiger partial charge in [0.25, 0.3) is 5.91 Å². The number of ether oxygens (including phenoxy) is 2. The molecule has 0 fully saturated rings. The van der Waals surface area contributed by atoms with Crippen LogP contribution in [0.2, 0.25) is 0 Å². The van der Waals surface area contributed by atoms with Gasteiger partial charge in [0.15, 0.2) is 0 Å². The summed E-state index contributed by atoms with van der Waals surface area (Å²) >= 11 is 0. The van der Waals surface area contributed by atoms with Crippen LogP contribution in [0.5, 0.6) is 11.5 Å². The largest absolute Gasteiger partial charge is 0.494 e. The van der Waals surface area contributed by atoms with Crippen molar-refractivity contribution in [3.63, 3.8) is 0 Å². The number of hydrogen-bond donors (Lipinski definition) is 1. The molecule has 0 bridgehead atoms. The molecule has 0 radical (unpaired) electrons. The molecule has 138 valence electrons. The van der Waals surface area contributed by atoms with Crippen LogP contribution >= 0.6 is 0 Å². The van der Waals surface area contributed by atoms with Gasteiger partial charge in [0.05, 0.1) is 6.61 Å². The molecule has 0 saturated carbocycles. The van der Waals surface area contributed by atoms with E-state index in [2.05, 4.69) is 25.7 Å². The lowest BCUT2D eigenvalue weighted by molar-refractivity contribution is 0.102. The van der Waals surface area contributed by atoms with E-state index in [0.717, 1.165) is 23.4 Å². The first-order valence-corrected chi connectivity index (χ1v) is 8.85. The Labute approximate surface area is 155 Å². The number of anilines is 1. The monoisotopic (exact) mass is 353 g/mol. The molecule has 26 heavy (non-hydrogen) atoms. The maximum absolute atomic E-state index is 12.4. The summed E-state index contributed by atoms with van der Waals surface area (Å²) in [6.07, 6.45) is 1.02. The Morgan fingerprint density at radius 3 is 2.46 bits per heavy atom. The van der Waals surface area contributed by atoms with Gasteiger partial charge in [0.1, 0.15) is 18.1 Å². The molecule has 0 aromatic heterocycles. The molecule has 1 N–H and O–H groups in total. The summed E-state index contributed by atoms with van der Waals surface area (Å²) in [7, 11) is 0. The van der Waals surface area contributed by atoms with Crippen LogP contribution in [0, 0.1) is 5.92 Å². The lowest BCUT2D eigenvalue weighted by atomic mass is 10.1. The Kier molecular flexibility index (Phi) is 7.27. The van der Waals surface area contributed by atoms with Gasteiger partial charge >= 0.3 is 0 Å². The average molecular weight is 353 g/mol. The zero-order valence-corrected chi connectivity index (χ0v) is 15.7. The molecular formula is C22H27NO3. The molecule has 1 amide bonds. The predicted octanol–water partition coefficient (Wildman–Crippen LogP) is 5.32. The third-order valence-electron chi connectivity index (χ3n) is 3.66. The van der Waals surface area contributed by atoms with Gasteiger partial charge < -0.3 is 14.8 Å². The second-order valence-electron chi connectivity index (χ2n) is 6.78. The highest BCUT2D eigenvalue weighted by Crippen LogP contribution is 2.19. The van der Waals surface area contributed by atoms with Crippen LogP contribution in [0.4, 0.5) is 5.69 Å². The molecule has 4 nitrogen and oxygen atoms in total. The molecule has 0 heterocycles. The number of rotatable bonds is 9. The molecule has 0 spiro atoms. The van der Waals surface area contributed by atoms with Gasteiger partial charge in [-0.1, -0.05) is 26.5 Å². The van der Waals surface area contributed by atoms with Crippen molar-refractivity contribution in [1.82, 2.24) is 0 Å². The zero-order chi connectivity index (χ0) is 18.9. The molecule has 0 aliphatic rings. The first-order valence-electron chi connectivity index (χ1n) is 8.85. The standard InChI is InChI=1S/C22H27NO3/c1-16(2)12-13-25-20-10-8-19(9-11-20)23-22(24)18-6-5-7-21(14-18)26-15-17(3)4/h5-11,14,16H,3,12-13,15H2,1-2,4H3,(H,23,24). The van der Waals surface area contributed by atoms with Crippen LogP contribution in [-0.4, -0.2) is 19.1 Å². The van der Waals surface area contributed by atoms with Crippen molar-refractivity contribution < 1.29 is 14.3 Å². The van der Waals surface area contributed by atoms with E-state index in [-0.39, 0.29) is 5.91 Å². The summed E-state index contributed by atoms with van der Waals surface area (Å²) < 4.78 is 11.3. The summed E-state index contributed by atoms with van der Waals surface area (Å²) in [6, 6.07) is 14.5. The Bertz CT molecular complexity index is 735. The minimum absolute atomic E-state index is 0.181. The van der Waals surface area contributed by atoms with Crippen LogP contribution in [0.3, 0.4) is 0 Å². The molecule has 2 aromatic rings. The first kappa shape index (κ1) is 19.6. The maximum atomic E-state index is 12.4. The summed E-state index contributed by atoms with van der Waals surface area (Å²) in [5.41, 5.74) is 2.19. The Morgan fingerprint density at radius 2 is 1.81 bits per heavy atom. The SMILES string of the molecule is C=C(C)COc1cccc(C(=O)Nc2ccc(OCCC(C)C)cc2)c1. The maximum Gasteiger partial charge on any atom is 0.255 e. The third-order valence-corrected chi connectivity index (χ3v) is 3.66. The molecule has 4 heteroatoms. The molecule has 0 aliphatic heterocycles. The first-order chi connectivity index (χ1) is 12.4. The molecule has 0 aliphatic carbocycles. The topological polar surface area (TPSA) is 47.6 Å². The third kappa shape index (κ3) is 6.63. The fourth-order valence-electron chi connectivity index (χ4n) is 2.18. The van der Waals surface area contributed by atoms with E-state index < -0.39 is 0 Å². The lowest BCUT2D eigenvalue weighted by Gasteiger charge is -2.10. The number of nitrogens with one attached hydrogen (secondary N) is 1. The number of carbonyl (C=O) groups excluding carboxylic acids is 1. The van der Waals surface area contributed by atoms with E-state index in [9.17, 15) is 4.79 Å². The van der Waals surface area contributed by atoms with Gasteiger partial charge in [0, 0.05) is 11.3 Å². The van der Waals surface area contributed by atoms with Gasteiger partial charge in [-0.05, 0) is 67.3 Å². The van der Waals surface area contributed by atoms with Gasteiger partial charge in [0.2, 0.25) is 0 Å². The zero-order valence-electron chi connectivity index (χ0n) is 15.7. The summed E-state index contributed by atoms with van der Waals surface area (Å²) in [6.45, 7) is 11.2.